The van der Waals surface area contributed by atoms with Gasteiger partial charge in [-0.2, -0.15) is 16.1 Å². The summed E-state index contributed by atoms with van der Waals surface area (Å²) < 4.78 is 27.6. The standard InChI is InChI=1S/C17H26N4O2S2.HI/c18-17(20-10-12-24-13-11-20)19-14-15-6-2-3-7-16(15)25(22,23)21-8-4-1-5-9-21;/h2-3,6-7H,1,4-5,8-14H2,(H2,18,19);1H. The van der Waals surface area contributed by atoms with Crippen LogP contribution in [-0.4, -0.2) is 61.3 Å². The van der Waals surface area contributed by atoms with Crippen LogP contribution in [0.15, 0.2) is 34.2 Å². The number of piperidine rings is 1. The van der Waals surface area contributed by atoms with Crippen LogP contribution in [0.5, 0.6) is 0 Å². The first kappa shape index (κ1) is 21.8. The average Bonchev–Trinajstić information content (AvgIpc) is 2.67. The van der Waals surface area contributed by atoms with Gasteiger partial charge < -0.3 is 10.6 Å². The molecule has 26 heavy (non-hydrogen) atoms. The minimum Gasteiger partial charge on any atom is -0.370 e. The zero-order valence-corrected chi connectivity index (χ0v) is 18.8. The van der Waals surface area contributed by atoms with Crippen molar-refractivity contribution < 1.29 is 8.42 Å². The second-order valence-corrected chi connectivity index (χ2v) is 9.48. The van der Waals surface area contributed by atoms with E-state index in [1.54, 1.807) is 16.4 Å². The molecule has 2 aliphatic rings. The van der Waals surface area contributed by atoms with Crippen LogP contribution in [-0.2, 0) is 16.6 Å². The van der Waals surface area contributed by atoms with E-state index in [4.69, 9.17) is 5.73 Å². The quantitative estimate of drug-likeness (QED) is 0.382. The molecule has 0 bridgehead atoms. The minimum absolute atomic E-state index is 0. The van der Waals surface area contributed by atoms with Gasteiger partial charge in [0.05, 0.1) is 11.4 Å². The molecule has 9 heteroatoms. The maximum atomic E-state index is 13.0. The van der Waals surface area contributed by atoms with Crippen LogP contribution in [0, 0.1) is 0 Å². The number of hydrogen-bond acceptors (Lipinski definition) is 4. The van der Waals surface area contributed by atoms with Gasteiger partial charge in [0.1, 0.15) is 0 Å². The van der Waals surface area contributed by atoms with E-state index >= 15 is 0 Å². The molecule has 0 spiro atoms. The first-order valence-corrected chi connectivity index (χ1v) is 11.4. The van der Waals surface area contributed by atoms with E-state index in [-0.39, 0.29) is 24.0 Å². The highest BCUT2D eigenvalue weighted by molar-refractivity contribution is 14.0. The summed E-state index contributed by atoms with van der Waals surface area (Å²) >= 11 is 1.92. The summed E-state index contributed by atoms with van der Waals surface area (Å²) in [6.07, 6.45) is 2.96. The average molecular weight is 510 g/mol. The number of halogens is 1. The monoisotopic (exact) mass is 510 g/mol. The first-order valence-electron chi connectivity index (χ1n) is 8.80. The van der Waals surface area contributed by atoms with Gasteiger partial charge in [-0.3, -0.25) is 0 Å². The van der Waals surface area contributed by atoms with E-state index in [0.717, 1.165) is 43.9 Å². The summed E-state index contributed by atoms with van der Waals surface area (Å²) in [5.74, 6) is 2.61. The lowest BCUT2D eigenvalue weighted by Gasteiger charge is -2.28. The van der Waals surface area contributed by atoms with Gasteiger partial charge in [-0.15, -0.1) is 24.0 Å². The summed E-state index contributed by atoms with van der Waals surface area (Å²) in [4.78, 5) is 6.90. The zero-order valence-electron chi connectivity index (χ0n) is 14.8. The molecule has 2 aliphatic heterocycles. The Morgan fingerprint density at radius 3 is 2.42 bits per heavy atom. The molecule has 2 saturated heterocycles. The Kier molecular flexibility index (Phi) is 8.49. The maximum absolute atomic E-state index is 13.0. The van der Waals surface area contributed by atoms with E-state index in [2.05, 4.69) is 9.89 Å². The van der Waals surface area contributed by atoms with Crippen LogP contribution in [0.4, 0.5) is 0 Å². The van der Waals surface area contributed by atoms with Gasteiger partial charge in [-0.1, -0.05) is 24.6 Å². The topological polar surface area (TPSA) is 79.0 Å². The minimum atomic E-state index is -3.46. The molecule has 3 rings (SSSR count). The molecule has 1 aromatic carbocycles. The number of nitrogens with two attached hydrogens (primary N) is 1. The van der Waals surface area contributed by atoms with Crippen LogP contribution in [0.2, 0.25) is 0 Å². The molecule has 0 aromatic heterocycles. The number of aliphatic imine (C=N–C) groups is 1. The summed E-state index contributed by atoms with van der Waals surface area (Å²) in [5, 5.41) is 0. The number of hydrogen-bond donors (Lipinski definition) is 1. The molecule has 0 radical (unpaired) electrons. The summed E-state index contributed by atoms with van der Waals surface area (Å²) in [7, 11) is -3.46. The molecule has 0 unspecified atom stereocenters. The van der Waals surface area contributed by atoms with Crippen molar-refractivity contribution in [2.45, 2.75) is 30.7 Å². The van der Waals surface area contributed by atoms with Gasteiger partial charge in [-0.25, -0.2) is 13.4 Å². The van der Waals surface area contributed by atoms with Crippen molar-refractivity contribution in [1.82, 2.24) is 9.21 Å². The Hall–Kier alpha value is -0.520. The largest absolute Gasteiger partial charge is 0.370 e. The van der Waals surface area contributed by atoms with E-state index < -0.39 is 10.0 Å². The van der Waals surface area contributed by atoms with Gasteiger partial charge in [0, 0.05) is 37.7 Å². The van der Waals surface area contributed by atoms with Crippen molar-refractivity contribution in [2.24, 2.45) is 10.7 Å². The fraction of sp³-hybridized carbons (Fsp3) is 0.588. The molecule has 2 fully saturated rings. The SMILES string of the molecule is I.NC(=NCc1ccccc1S(=O)(=O)N1CCCCC1)N1CCSCC1. The second-order valence-electron chi connectivity index (χ2n) is 6.35. The van der Waals surface area contributed by atoms with E-state index in [9.17, 15) is 8.42 Å². The summed E-state index contributed by atoms with van der Waals surface area (Å²) in [6, 6.07) is 7.14. The van der Waals surface area contributed by atoms with Crippen molar-refractivity contribution >= 4 is 51.7 Å². The van der Waals surface area contributed by atoms with Gasteiger partial charge in [0.2, 0.25) is 10.0 Å². The third kappa shape index (κ3) is 5.26. The molecule has 2 N–H and O–H groups in total. The lowest BCUT2D eigenvalue weighted by Crippen LogP contribution is -2.42. The number of thioether (sulfide) groups is 1. The van der Waals surface area contributed by atoms with Crippen molar-refractivity contribution in [3.8, 4) is 0 Å². The van der Waals surface area contributed by atoms with Gasteiger partial charge >= 0.3 is 0 Å². The Balaban J connectivity index is 0.00000243. The Bertz CT molecular complexity index is 715. The van der Waals surface area contributed by atoms with Crippen molar-refractivity contribution in [2.75, 3.05) is 37.7 Å². The van der Waals surface area contributed by atoms with Gasteiger partial charge in [-0.05, 0) is 24.5 Å². The van der Waals surface area contributed by atoms with Crippen molar-refractivity contribution in [1.29, 1.82) is 0 Å². The fourth-order valence-electron chi connectivity index (χ4n) is 3.19. The highest BCUT2D eigenvalue weighted by Crippen LogP contribution is 2.24. The molecule has 0 aliphatic carbocycles. The molecular formula is C17H27IN4O2S2. The van der Waals surface area contributed by atoms with E-state index in [1.165, 1.54) is 0 Å². The maximum Gasteiger partial charge on any atom is 0.243 e. The first-order chi connectivity index (χ1) is 12.1. The molecular weight excluding hydrogens is 483 g/mol. The Morgan fingerprint density at radius 1 is 1.08 bits per heavy atom. The number of guanidine groups is 1. The highest BCUT2D eigenvalue weighted by atomic mass is 127. The molecule has 2 heterocycles. The Morgan fingerprint density at radius 2 is 1.73 bits per heavy atom. The molecule has 0 amide bonds. The number of benzene rings is 1. The predicted molar refractivity (Wildman–Crippen MR) is 119 cm³/mol. The molecule has 1 aromatic rings. The summed E-state index contributed by atoms with van der Waals surface area (Å²) in [6.45, 7) is 3.29. The third-order valence-electron chi connectivity index (χ3n) is 4.65. The predicted octanol–water partition coefficient (Wildman–Crippen LogP) is 2.34. The number of nitrogens with zero attached hydrogens (tertiary/aromatic N) is 3. The molecule has 6 nitrogen and oxygen atoms in total. The molecule has 0 saturated carbocycles. The van der Waals surface area contributed by atoms with Crippen molar-refractivity contribution in [3.63, 3.8) is 0 Å². The van der Waals surface area contributed by atoms with Crippen LogP contribution < -0.4 is 5.73 Å². The van der Waals surface area contributed by atoms with Crippen LogP contribution >= 0.6 is 35.7 Å². The third-order valence-corrected chi connectivity index (χ3v) is 7.59. The van der Waals surface area contributed by atoms with Gasteiger partial charge in [0.15, 0.2) is 5.96 Å². The Labute approximate surface area is 177 Å². The molecule has 0 atom stereocenters. The number of rotatable bonds is 4. The number of sulfonamides is 1. The lowest BCUT2D eigenvalue weighted by molar-refractivity contribution is 0.346. The van der Waals surface area contributed by atoms with Crippen LogP contribution in [0.25, 0.3) is 0 Å². The lowest BCUT2D eigenvalue weighted by atomic mass is 10.2. The van der Waals surface area contributed by atoms with Gasteiger partial charge in [0.25, 0.3) is 0 Å². The smallest absolute Gasteiger partial charge is 0.243 e. The van der Waals surface area contributed by atoms with Crippen LogP contribution in [0.1, 0.15) is 24.8 Å². The highest BCUT2D eigenvalue weighted by Gasteiger charge is 2.27. The summed E-state index contributed by atoms with van der Waals surface area (Å²) in [5.41, 5.74) is 6.82. The van der Waals surface area contributed by atoms with Crippen molar-refractivity contribution in [3.05, 3.63) is 29.8 Å². The molecule has 146 valence electrons. The zero-order chi connectivity index (χ0) is 17.7. The van der Waals surface area contributed by atoms with Crippen LogP contribution in [0.3, 0.4) is 0 Å². The van der Waals surface area contributed by atoms with E-state index in [1.807, 2.05) is 23.9 Å². The van der Waals surface area contributed by atoms with E-state index in [0.29, 0.717) is 36.1 Å². The second kappa shape index (κ2) is 10.1. The fourth-order valence-corrected chi connectivity index (χ4v) is 5.82. The normalized spacial score (nSPS) is 19.8.